The minimum atomic E-state index is -0.262. The summed E-state index contributed by atoms with van der Waals surface area (Å²) in [6.07, 6.45) is 0. The molecule has 3 heteroatoms. The van der Waals surface area contributed by atoms with Gasteiger partial charge in [0.2, 0.25) is 0 Å². The van der Waals surface area contributed by atoms with E-state index in [2.05, 4.69) is 0 Å². The molecule has 0 spiro atoms. The Bertz CT molecular complexity index is 495. The first kappa shape index (κ1) is 9.52. The lowest BCUT2D eigenvalue weighted by atomic mass is 10.0. The molecule has 0 saturated heterocycles. The Morgan fingerprint density at radius 2 is 1.60 bits per heavy atom. The number of halogens is 1. The van der Waals surface area contributed by atoms with Crippen LogP contribution in [0, 0.1) is 5.82 Å². The van der Waals surface area contributed by atoms with Gasteiger partial charge < -0.3 is 11.5 Å². The van der Waals surface area contributed by atoms with E-state index >= 15 is 0 Å². The number of nitrogen functional groups attached to an aromatic ring is 2. The van der Waals surface area contributed by atoms with Crippen LogP contribution in [0.5, 0.6) is 0 Å². The van der Waals surface area contributed by atoms with Gasteiger partial charge in [0.15, 0.2) is 0 Å². The number of hydrogen-bond donors (Lipinski definition) is 2. The summed E-state index contributed by atoms with van der Waals surface area (Å²) in [7, 11) is 0. The van der Waals surface area contributed by atoms with Crippen molar-refractivity contribution in [2.45, 2.75) is 0 Å². The molecule has 0 saturated carbocycles. The summed E-state index contributed by atoms with van der Waals surface area (Å²) in [6.45, 7) is 0. The highest BCUT2D eigenvalue weighted by Gasteiger charge is 2.04. The van der Waals surface area contributed by atoms with E-state index in [9.17, 15) is 4.39 Å². The molecule has 0 aliphatic rings. The summed E-state index contributed by atoms with van der Waals surface area (Å²) in [5, 5.41) is 0. The van der Waals surface area contributed by atoms with Crippen molar-refractivity contribution in [1.82, 2.24) is 0 Å². The van der Waals surface area contributed by atoms with Gasteiger partial charge in [-0.2, -0.15) is 0 Å². The predicted molar refractivity (Wildman–Crippen MR) is 60.7 cm³/mol. The van der Waals surface area contributed by atoms with Gasteiger partial charge in [-0.25, -0.2) is 4.39 Å². The molecule has 0 fully saturated rings. The summed E-state index contributed by atoms with van der Waals surface area (Å²) in [5.74, 6) is -0.262. The minimum absolute atomic E-state index is 0.262. The normalized spacial score (nSPS) is 10.2. The minimum Gasteiger partial charge on any atom is -0.397 e. The van der Waals surface area contributed by atoms with Crippen LogP contribution in [0.25, 0.3) is 11.1 Å². The topological polar surface area (TPSA) is 52.0 Å². The van der Waals surface area contributed by atoms with Gasteiger partial charge in [-0.1, -0.05) is 24.3 Å². The highest BCUT2D eigenvalue weighted by atomic mass is 19.1. The Morgan fingerprint density at radius 3 is 2.27 bits per heavy atom. The van der Waals surface area contributed by atoms with Gasteiger partial charge in [0.25, 0.3) is 0 Å². The van der Waals surface area contributed by atoms with Crippen LogP contribution in [0.1, 0.15) is 0 Å². The largest absolute Gasteiger partial charge is 0.397 e. The van der Waals surface area contributed by atoms with Gasteiger partial charge in [0.1, 0.15) is 5.82 Å². The van der Waals surface area contributed by atoms with Gasteiger partial charge in [-0.3, -0.25) is 0 Å². The average Bonchev–Trinajstić information content (AvgIpc) is 2.23. The number of benzene rings is 2. The van der Waals surface area contributed by atoms with E-state index in [1.54, 1.807) is 36.4 Å². The maximum atomic E-state index is 13.4. The zero-order valence-corrected chi connectivity index (χ0v) is 8.07. The molecule has 0 bridgehead atoms. The smallest absolute Gasteiger partial charge is 0.131 e. The van der Waals surface area contributed by atoms with E-state index in [-0.39, 0.29) is 5.82 Å². The highest BCUT2D eigenvalue weighted by molar-refractivity contribution is 5.74. The van der Waals surface area contributed by atoms with Crippen LogP contribution in [-0.4, -0.2) is 0 Å². The Morgan fingerprint density at radius 1 is 0.867 bits per heavy atom. The number of nitrogens with two attached hydrogens (primary N) is 2. The molecule has 0 atom stereocenters. The SMILES string of the molecule is Nc1ccc(-c2ccccc2F)cc1N. The monoisotopic (exact) mass is 202 g/mol. The molecule has 2 nitrogen and oxygen atoms in total. The number of rotatable bonds is 1. The van der Waals surface area contributed by atoms with Crippen molar-refractivity contribution in [2.75, 3.05) is 11.5 Å². The molecule has 0 aromatic heterocycles. The second-order valence-corrected chi connectivity index (χ2v) is 3.32. The van der Waals surface area contributed by atoms with Crippen LogP contribution >= 0.6 is 0 Å². The second kappa shape index (κ2) is 3.61. The zero-order chi connectivity index (χ0) is 10.8. The molecule has 0 unspecified atom stereocenters. The molecule has 0 heterocycles. The van der Waals surface area contributed by atoms with Gasteiger partial charge >= 0.3 is 0 Å². The number of anilines is 2. The molecule has 2 rings (SSSR count). The van der Waals surface area contributed by atoms with Crippen LogP contribution in [0.15, 0.2) is 42.5 Å². The fourth-order valence-electron chi connectivity index (χ4n) is 1.44. The van der Waals surface area contributed by atoms with Crippen molar-refractivity contribution in [2.24, 2.45) is 0 Å². The maximum absolute atomic E-state index is 13.4. The average molecular weight is 202 g/mol. The molecule has 0 amide bonds. The quantitative estimate of drug-likeness (QED) is 0.698. The third kappa shape index (κ3) is 1.76. The van der Waals surface area contributed by atoms with Gasteiger partial charge in [-0.05, 0) is 23.8 Å². The summed E-state index contributed by atoms with van der Waals surface area (Å²) < 4.78 is 13.4. The van der Waals surface area contributed by atoms with E-state index in [0.29, 0.717) is 16.9 Å². The molecule has 15 heavy (non-hydrogen) atoms. The molecule has 0 aliphatic carbocycles. The summed E-state index contributed by atoms with van der Waals surface area (Å²) in [6, 6.07) is 11.7. The molecule has 76 valence electrons. The molecule has 0 radical (unpaired) electrons. The van der Waals surface area contributed by atoms with Crippen molar-refractivity contribution < 1.29 is 4.39 Å². The predicted octanol–water partition coefficient (Wildman–Crippen LogP) is 2.66. The first-order chi connectivity index (χ1) is 7.18. The summed E-state index contributed by atoms with van der Waals surface area (Å²) in [5.41, 5.74) is 13.5. The third-order valence-corrected chi connectivity index (χ3v) is 2.27. The lowest BCUT2D eigenvalue weighted by Gasteiger charge is -2.05. The van der Waals surface area contributed by atoms with Crippen molar-refractivity contribution in [3.05, 3.63) is 48.3 Å². The maximum Gasteiger partial charge on any atom is 0.131 e. The van der Waals surface area contributed by atoms with E-state index in [0.717, 1.165) is 5.56 Å². The van der Waals surface area contributed by atoms with Crippen molar-refractivity contribution in [1.29, 1.82) is 0 Å². The molecule has 2 aromatic carbocycles. The standard InChI is InChI=1S/C12H11FN2/c13-10-4-2-1-3-9(10)8-5-6-11(14)12(15)7-8/h1-7H,14-15H2. The molecule has 4 N–H and O–H groups in total. The first-order valence-electron chi connectivity index (χ1n) is 4.58. The van der Waals surface area contributed by atoms with Crippen molar-refractivity contribution in [3.63, 3.8) is 0 Å². The molecular weight excluding hydrogens is 191 g/mol. The third-order valence-electron chi connectivity index (χ3n) is 2.27. The zero-order valence-electron chi connectivity index (χ0n) is 8.07. The van der Waals surface area contributed by atoms with Crippen LogP contribution in [-0.2, 0) is 0 Å². The Labute approximate surface area is 87.3 Å². The first-order valence-corrected chi connectivity index (χ1v) is 4.58. The highest BCUT2D eigenvalue weighted by Crippen LogP contribution is 2.26. The van der Waals surface area contributed by atoms with Crippen LogP contribution in [0.3, 0.4) is 0 Å². The van der Waals surface area contributed by atoms with E-state index < -0.39 is 0 Å². The van der Waals surface area contributed by atoms with Crippen molar-refractivity contribution in [3.8, 4) is 11.1 Å². The Balaban J connectivity index is 2.55. The fourth-order valence-corrected chi connectivity index (χ4v) is 1.44. The summed E-state index contributed by atoms with van der Waals surface area (Å²) in [4.78, 5) is 0. The van der Waals surface area contributed by atoms with E-state index in [1.807, 2.05) is 0 Å². The molecule has 2 aromatic rings. The lowest BCUT2D eigenvalue weighted by Crippen LogP contribution is -1.94. The Hall–Kier alpha value is -2.03. The number of hydrogen-bond acceptors (Lipinski definition) is 2. The van der Waals surface area contributed by atoms with Crippen LogP contribution < -0.4 is 11.5 Å². The van der Waals surface area contributed by atoms with Gasteiger partial charge in [0.05, 0.1) is 11.4 Å². The van der Waals surface area contributed by atoms with Crippen LogP contribution in [0.2, 0.25) is 0 Å². The van der Waals surface area contributed by atoms with Crippen molar-refractivity contribution >= 4 is 11.4 Å². The van der Waals surface area contributed by atoms with Gasteiger partial charge in [-0.15, -0.1) is 0 Å². The van der Waals surface area contributed by atoms with Crippen LogP contribution in [0.4, 0.5) is 15.8 Å². The Kier molecular flexibility index (Phi) is 2.29. The van der Waals surface area contributed by atoms with E-state index in [1.165, 1.54) is 6.07 Å². The summed E-state index contributed by atoms with van der Waals surface area (Å²) >= 11 is 0. The second-order valence-electron chi connectivity index (χ2n) is 3.32. The lowest BCUT2D eigenvalue weighted by molar-refractivity contribution is 0.631. The fraction of sp³-hybridized carbons (Fsp3) is 0. The van der Waals surface area contributed by atoms with E-state index in [4.69, 9.17) is 11.5 Å². The molecular formula is C12H11FN2. The molecule has 0 aliphatic heterocycles. The van der Waals surface area contributed by atoms with Gasteiger partial charge in [0, 0.05) is 5.56 Å².